The molecule has 2 rings (SSSR count). The number of rotatable bonds is 5. The molecule has 2 aromatic rings. The molecule has 20 heavy (non-hydrogen) atoms. The Balaban J connectivity index is 2.56. The van der Waals surface area contributed by atoms with Crippen LogP contribution >= 0.6 is 23.2 Å². The minimum Gasteiger partial charge on any atom is -0.480 e. The second kappa shape index (κ2) is 6.88. The number of nitrogens with zero attached hydrogens (tertiary/aromatic N) is 2. The highest BCUT2D eigenvalue weighted by Gasteiger charge is 2.24. The van der Waals surface area contributed by atoms with E-state index in [4.69, 9.17) is 27.9 Å². The second-order valence-corrected chi connectivity index (χ2v) is 4.89. The molecular formula is C14H15Cl2N3O. The van der Waals surface area contributed by atoms with E-state index in [0.29, 0.717) is 21.6 Å². The van der Waals surface area contributed by atoms with Crippen molar-refractivity contribution in [2.75, 3.05) is 13.7 Å². The molecule has 0 aliphatic carbocycles. The van der Waals surface area contributed by atoms with Crippen molar-refractivity contribution in [3.63, 3.8) is 0 Å². The van der Waals surface area contributed by atoms with Gasteiger partial charge in [-0.15, -0.1) is 0 Å². The summed E-state index contributed by atoms with van der Waals surface area (Å²) in [5.41, 5.74) is 1.43. The molecule has 1 N–H and O–H groups in total. The van der Waals surface area contributed by atoms with E-state index in [-0.39, 0.29) is 6.04 Å². The summed E-state index contributed by atoms with van der Waals surface area (Å²) >= 11 is 12.6. The number of benzene rings is 1. The van der Waals surface area contributed by atoms with E-state index in [9.17, 15) is 0 Å². The van der Waals surface area contributed by atoms with E-state index in [1.54, 1.807) is 31.6 Å². The molecule has 6 heteroatoms. The van der Waals surface area contributed by atoms with Crippen LogP contribution < -0.4 is 10.1 Å². The molecule has 0 bridgehead atoms. The third kappa shape index (κ3) is 3.03. The maximum atomic E-state index is 6.29. The Kier molecular flexibility index (Phi) is 5.17. The molecule has 0 radical (unpaired) electrons. The molecule has 1 unspecified atom stereocenters. The normalized spacial score (nSPS) is 12.2. The van der Waals surface area contributed by atoms with Crippen molar-refractivity contribution in [3.05, 3.63) is 51.9 Å². The maximum absolute atomic E-state index is 6.29. The second-order valence-electron chi connectivity index (χ2n) is 4.08. The first-order chi connectivity index (χ1) is 9.69. The zero-order chi connectivity index (χ0) is 14.5. The molecule has 0 saturated carbocycles. The lowest BCUT2D eigenvalue weighted by Gasteiger charge is -2.21. The van der Waals surface area contributed by atoms with Crippen LogP contribution in [0.2, 0.25) is 10.0 Å². The van der Waals surface area contributed by atoms with Crippen LogP contribution in [0.25, 0.3) is 0 Å². The van der Waals surface area contributed by atoms with E-state index in [0.717, 1.165) is 12.1 Å². The van der Waals surface area contributed by atoms with Gasteiger partial charge in [0.25, 0.3) is 0 Å². The van der Waals surface area contributed by atoms with Crippen LogP contribution in [0.4, 0.5) is 0 Å². The number of halogens is 2. The molecule has 0 saturated heterocycles. The summed E-state index contributed by atoms with van der Waals surface area (Å²) < 4.78 is 5.27. The van der Waals surface area contributed by atoms with E-state index < -0.39 is 0 Å². The van der Waals surface area contributed by atoms with Crippen molar-refractivity contribution in [2.45, 2.75) is 13.0 Å². The van der Waals surface area contributed by atoms with Gasteiger partial charge in [0.1, 0.15) is 5.69 Å². The Morgan fingerprint density at radius 1 is 1.20 bits per heavy atom. The summed E-state index contributed by atoms with van der Waals surface area (Å²) in [6.45, 7) is 2.73. The minimum absolute atomic E-state index is 0.273. The van der Waals surface area contributed by atoms with Gasteiger partial charge in [-0.3, -0.25) is 4.98 Å². The zero-order valence-corrected chi connectivity index (χ0v) is 12.7. The Hall–Kier alpha value is -1.36. The van der Waals surface area contributed by atoms with Crippen molar-refractivity contribution in [1.82, 2.24) is 15.3 Å². The summed E-state index contributed by atoms with van der Waals surface area (Å²) in [7, 11) is 1.56. The molecule has 0 fully saturated rings. The number of methoxy groups -OCH3 is 1. The Morgan fingerprint density at radius 2 is 1.85 bits per heavy atom. The fraction of sp³-hybridized carbons (Fsp3) is 0.286. The Labute approximate surface area is 128 Å². The number of hydrogen-bond acceptors (Lipinski definition) is 4. The lowest BCUT2D eigenvalue weighted by molar-refractivity contribution is 0.383. The van der Waals surface area contributed by atoms with Gasteiger partial charge in [0.05, 0.1) is 13.2 Å². The van der Waals surface area contributed by atoms with Crippen LogP contribution in [0.15, 0.2) is 30.6 Å². The summed E-state index contributed by atoms with van der Waals surface area (Å²) in [5, 5.41) is 4.48. The fourth-order valence-electron chi connectivity index (χ4n) is 2.02. The van der Waals surface area contributed by atoms with E-state index in [1.165, 1.54) is 0 Å². The average molecular weight is 312 g/mol. The lowest BCUT2D eigenvalue weighted by atomic mass is 10.0. The van der Waals surface area contributed by atoms with Crippen molar-refractivity contribution >= 4 is 23.2 Å². The van der Waals surface area contributed by atoms with Gasteiger partial charge in [0, 0.05) is 28.0 Å². The highest BCUT2D eigenvalue weighted by Crippen LogP contribution is 2.35. The first-order valence-corrected chi connectivity index (χ1v) is 6.96. The summed E-state index contributed by atoms with van der Waals surface area (Å²) in [5.74, 6) is 0.453. The van der Waals surface area contributed by atoms with Crippen LogP contribution in [0, 0.1) is 0 Å². The van der Waals surface area contributed by atoms with Crippen LogP contribution in [-0.4, -0.2) is 23.6 Å². The van der Waals surface area contributed by atoms with Gasteiger partial charge in [-0.1, -0.05) is 36.2 Å². The molecule has 1 atom stereocenters. The maximum Gasteiger partial charge on any atom is 0.237 e. The first kappa shape index (κ1) is 15.0. The highest BCUT2D eigenvalue weighted by atomic mass is 35.5. The van der Waals surface area contributed by atoms with Gasteiger partial charge in [-0.05, 0) is 18.7 Å². The van der Waals surface area contributed by atoms with Crippen molar-refractivity contribution in [2.24, 2.45) is 0 Å². The van der Waals surface area contributed by atoms with Crippen LogP contribution in [0.5, 0.6) is 5.88 Å². The average Bonchev–Trinajstić information content (AvgIpc) is 2.46. The molecule has 4 nitrogen and oxygen atoms in total. The largest absolute Gasteiger partial charge is 0.480 e. The predicted molar refractivity (Wildman–Crippen MR) is 80.6 cm³/mol. The Morgan fingerprint density at radius 3 is 2.45 bits per heavy atom. The first-order valence-electron chi connectivity index (χ1n) is 6.21. The molecule has 0 spiro atoms. The minimum atomic E-state index is -0.273. The third-order valence-electron chi connectivity index (χ3n) is 2.85. The lowest BCUT2D eigenvalue weighted by Crippen LogP contribution is -2.24. The predicted octanol–water partition coefficient (Wildman–Crippen LogP) is 3.49. The fourth-order valence-corrected chi connectivity index (χ4v) is 2.63. The van der Waals surface area contributed by atoms with Gasteiger partial charge in [-0.25, -0.2) is 4.98 Å². The molecule has 1 aromatic carbocycles. The van der Waals surface area contributed by atoms with Gasteiger partial charge < -0.3 is 10.1 Å². The molecule has 1 aromatic heterocycles. The molecule has 0 aliphatic heterocycles. The van der Waals surface area contributed by atoms with E-state index >= 15 is 0 Å². The van der Waals surface area contributed by atoms with Gasteiger partial charge in [-0.2, -0.15) is 0 Å². The van der Waals surface area contributed by atoms with Crippen LogP contribution in [0.1, 0.15) is 24.2 Å². The van der Waals surface area contributed by atoms with Crippen LogP contribution in [0.3, 0.4) is 0 Å². The van der Waals surface area contributed by atoms with Gasteiger partial charge in [0.15, 0.2) is 0 Å². The SMILES string of the molecule is CCNC(c1nccnc1OC)c1c(Cl)cccc1Cl. The third-order valence-corrected chi connectivity index (χ3v) is 3.51. The Bertz CT molecular complexity index is 572. The van der Waals surface area contributed by atoms with Gasteiger partial charge >= 0.3 is 0 Å². The number of aromatic nitrogens is 2. The van der Waals surface area contributed by atoms with Crippen molar-refractivity contribution in [3.8, 4) is 5.88 Å². The number of nitrogens with one attached hydrogen (secondary N) is 1. The van der Waals surface area contributed by atoms with Crippen molar-refractivity contribution in [1.29, 1.82) is 0 Å². The summed E-state index contributed by atoms with van der Waals surface area (Å²) in [6, 6.07) is 5.14. The molecule has 0 amide bonds. The monoisotopic (exact) mass is 311 g/mol. The highest BCUT2D eigenvalue weighted by molar-refractivity contribution is 6.36. The number of hydrogen-bond donors (Lipinski definition) is 1. The van der Waals surface area contributed by atoms with Crippen molar-refractivity contribution < 1.29 is 4.74 Å². The van der Waals surface area contributed by atoms with Crippen LogP contribution in [-0.2, 0) is 0 Å². The van der Waals surface area contributed by atoms with E-state index in [1.807, 2.05) is 13.0 Å². The quantitative estimate of drug-likeness (QED) is 0.918. The standard InChI is InChI=1S/C14H15Cl2N3O/c1-3-17-12(11-9(15)5-4-6-10(11)16)13-14(20-2)19-8-7-18-13/h4-8,12,17H,3H2,1-2H3. The zero-order valence-electron chi connectivity index (χ0n) is 11.2. The van der Waals surface area contributed by atoms with Gasteiger partial charge in [0.2, 0.25) is 5.88 Å². The summed E-state index contributed by atoms with van der Waals surface area (Å²) in [6.07, 6.45) is 3.20. The topological polar surface area (TPSA) is 47.0 Å². The number of ether oxygens (including phenoxy) is 1. The summed E-state index contributed by atoms with van der Waals surface area (Å²) in [4.78, 5) is 8.53. The van der Waals surface area contributed by atoms with E-state index in [2.05, 4.69) is 15.3 Å². The molecule has 1 heterocycles. The molecule has 106 valence electrons. The molecule has 0 aliphatic rings. The smallest absolute Gasteiger partial charge is 0.237 e. The molecular weight excluding hydrogens is 297 g/mol.